The van der Waals surface area contributed by atoms with Crippen LogP contribution in [0.5, 0.6) is 0 Å². The molecule has 0 amide bonds. The van der Waals surface area contributed by atoms with E-state index in [1.165, 1.54) is 0 Å². The molecule has 2 N–H and O–H groups in total. The summed E-state index contributed by atoms with van der Waals surface area (Å²) in [6.07, 6.45) is -1.56. The highest BCUT2D eigenvalue weighted by Crippen LogP contribution is 2.49. The second kappa shape index (κ2) is 3.91. The quantitative estimate of drug-likeness (QED) is 0.611. The van der Waals surface area contributed by atoms with Crippen molar-refractivity contribution in [2.24, 2.45) is 5.14 Å². The first kappa shape index (κ1) is 15.2. The van der Waals surface area contributed by atoms with Crippen molar-refractivity contribution in [1.82, 2.24) is 0 Å². The average Bonchev–Trinajstić information content (AvgIpc) is 2.01. The monoisotopic (exact) mass is 271 g/mol. The van der Waals surface area contributed by atoms with Gasteiger partial charge in [-0.1, -0.05) is 6.08 Å². The van der Waals surface area contributed by atoms with E-state index < -0.39 is 33.5 Å². The topological polar surface area (TPSA) is 60.2 Å². The Labute approximate surface area is 87.0 Å². The highest BCUT2D eigenvalue weighted by Gasteiger charge is 2.76. The predicted octanol–water partition coefficient (Wildman–Crippen LogP) is 1.71. The van der Waals surface area contributed by atoms with Gasteiger partial charge in [0.1, 0.15) is 0 Å². The van der Waals surface area contributed by atoms with Crippen LogP contribution in [0.15, 0.2) is 12.7 Å². The van der Waals surface area contributed by atoms with Crippen molar-refractivity contribution < 1.29 is 34.8 Å². The standard InChI is InChI=1S/C6H7F6NO2S/c1-2-3-4(7,8)5(9,10)6(11,12)16(13,14)15/h2H,1,3H2,(H2,13,14,15). The number of allylic oxidation sites excluding steroid dienone is 1. The molecule has 3 nitrogen and oxygen atoms in total. The normalized spacial score (nSPS) is 14.9. The van der Waals surface area contributed by atoms with Crippen LogP contribution < -0.4 is 5.14 Å². The molecule has 0 aliphatic heterocycles. The van der Waals surface area contributed by atoms with Crippen LogP contribution in [0.25, 0.3) is 0 Å². The van der Waals surface area contributed by atoms with Crippen LogP contribution in [0, 0.1) is 0 Å². The summed E-state index contributed by atoms with van der Waals surface area (Å²) in [7, 11) is -6.16. The van der Waals surface area contributed by atoms with Crippen molar-refractivity contribution in [2.75, 3.05) is 0 Å². The lowest BCUT2D eigenvalue weighted by molar-refractivity contribution is -0.277. The molecule has 0 aromatic rings. The fourth-order valence-electron chi connectivity index (χ4n) is 0.701. The lowest BCUT2D eigenvalue weighted by atomic mass is 10.1. The van der Waals surface area contributed by atoms with Gasteiger partial charge >= 0.3 is 17.1 Å². The molecule has 0 aromatic heterocycles. The van der Waals surface area contributed by atoms with Crippen LogP contribution in [-0.4, -0.2) is 25.5 Å². The fraction of sp³-hybridized carbons (Fsp3) is 0.667. The molecule has 0 aliphatic rings. The maximum Gasteiger partial charge on any atom is 0.426 e. The summed E-state index contributed by atoms with van der Waals surface area (Å²) in [6, 6.07) is 0. The minimum Gasteiger partial charge on any atom is -0.223 e. The minimum absolute atomic E-state index is 0.257. The SMILES string of the molecule is C=CCC(F)(F)C(F)(F)C(F)(F)S(N)(=O)=O. The summed E-state index contributed by atoms with van der Waals surface area (Å²) in [5.74, 6) is -11.4. The Bertz CT molecular complexity index is 376. The van der Waals surface area contributed by atoms with E-state index in [2.05, 4.69) is 11.7 Å². The van der Waals surface area contributed by atoms with E-state index in [-0.39, 0.29) is 6.08 Å². The summed E-state index contributed by atoms with van der Waals surface area (Å²) >= 11 is 0. The molecule has 0 radical (unpaired) electrons. The molecule has 0 aliphatic carbocycles. The number of nitrogens with two attached hydrogens (primary N) is 1. The maximum atomic E-state index is 12.7. The lowest BCUT2D eigenvalue weighted by Gasteiger charge is -2.30. The Morgan fingerprint density at radius 3 is 1.75 bits per heavy atom. The van der Waals surface area contributed by atoms with Gasteiger partial charge in [0, 0.05) is 6.42 Å². The second-order valence-electron chi connectivity index (χ2n) is 2.83. The molecule has 0 unspecified atom stereocenters. The van der Waals surface area contributed by atoms with Crippen LogP contribution in [0.1, 0.15) is 6.42 Å². The van der Waals surface area contributed by atoms with Gasteiger partial charge in [-0.05, 0) is 0 Å². The molecule has 16 heavy (non-hydrogen) atoms. The van der Waals surface area contributed by atoms with Crippen molar-refractivity contribution in [3.05, 3.63) is 12.7 Å². The highest BCUT2D eigenvalue weighted by molar-refractivity contribution is 7.90. The maximum absolute atomic E-state index is 12.7. The summed E-state index contributed by atoms with van der Waals surface area (Å²) in [4.78, 5) is 0. The molecule has 0 atom stereocenters. The van der Waals surface area contributed by atoms with Gasteiger partial charge in [-0.3, -0.25) is 0 Å². The zero-order chi connectivity index (χ0) is 13.4. The van der Waals surface area contributed by atoms with Crippen LogP contribution in [0.3, 0.4) is 0 Å². The predicted molar refractivity (Wildman–Crippen MR) is 42.8 cm³/mol. The molecule has 96 valence electrons. The van der Waals surface area contributed by atoms with Gasteiger partial charge in [0.15, 0.2) is 0 Å². The van der Waals surface area contributed by atoms with Crippen LogP contribution in [0.2, 0.25) is 0 Å². The first-order chi connectivity index (χ1) is 6.81. The summed E-state index contributed by atoms with van der Waals surface area (Å²) in [5, 5.41) is -2.29. The average molecular weight is 271 g/mol. The van der Waals surface area contributed by atoms with Crippen LogP contribution in [0.4, 0.5) is 26.3 Å². The van der Waals surface area contributed by atoms with Gasteiger partial charge < -0.3 is 0 Å². The third kappa shape index (κ3) is 2.17. The molecular weight excluding hydrogens is 264 g/mol. The van der Waals surface area contributed by atoms with Crippen molar-refractivity contribution in [2.45, 2.75) is 23.5 Å². The van der Waals surface area contributed by atoms with Gasteiger partial charge in [0.2, 0.25) is 0 Å². The Morgan fingerprint density at radius 1 is 1.12 bits per heavy atom. The molecule has 0 bridgehead atoms. The summed E-state index contributed by atoms with van der Waals surface area (Å²) < 4.78 is 95.9. The zero-order valence-electron chi connectivity index (χ0n) is 7.56. The van der Waals surface area contributed by atoms with Gasteiger partial charge in [-0.2, -0.15) is 26.3 Å². The van der Waals surface area contributed by atoms with E-state index in [0.29, 0.717) is 0 Å². The van der Waals surface area contributed by atoms with Gasteiger partial charge in [0.25, 0.3) is 10.0 Å². The van der Waals surface area contributed by atoms with Crippen molar-refractivity contribution >= 4 is 10.0 Å². The number of hydrogen-bond donors (Lipinski definition) is 1. The van der Waals surface area contributed by atoms with Crippen LogP contribution >= 0.6 is 0 Å². The zero-order valence-corrected chi connectivity index (χ0v) is 8.38. The number of primary sulfonamides is 1. The number of halogens is 6. The van der Waals surface area contributed by atoms with Gasteiger partial charge in [-0.25, -0.2) is 13.6 Å². The lowest BCUT2D eigenvalue weighted by Crippen LogP contribution is -2.59. The van der Waals surface area contributed by atoms with E-state index >= 15 is 0 Å². The fourth-order valence-corrected chi connectivity index (χ4v) is 1.21. The first-order valence-corrected chi connectivity index (χ1v) is 5.12. The molecule has 0 fully saturated rings. The van der Waals surface area contributed by atoms with E-state index in [0.717, 1.165) is 0 Å². The third-order valence-corrected chi connectivity index (χ3v) is 2.55. The number of hydrogen-bond acceptors (Lipinski definition) is 2. The molecule has 0 heterocycles. The molecular formula is C6H7F6NO2S. The summed E-state index contributed by atoms with van der Waals surface area (Å²) in [5.41, 5.74) is 0. The minimum atomic E-state index is -6.16. The van der Waals surface area contributed by atoms with Gasteiger partial charge in [-0.15, -0.1) is 6.58 Å². The first-order valence-electron chi connectivity index (χ1n) is 3.58. The molecule has 0 spiro atoms. The molecule has 0 saturated heterocycles. The molecule has 10 heteroatoms. The smallest absolute Gasteiger partial charge is 0.223 e. The second-order valence-corrected chi connectivity index (χ2v) is 4.44. The van der Waals surface area contributed by atoms with E-state index in [9.17, 15) is 34.8 Å². The molecule has 0 saturated carbocycles. The van der Waals surface area contributed by atoms with E-state index in [1.807, 2.05) is 0 Å². The Hall–Kier alpha value is -0.770. The largest absolute Gasteiger partial charge is 0.426 e. The van der Waals surface area contributed by atoms with Crippen LogP contribution in [-0.2, 0) is 10.0 Å². The number of rotatable bonds is 5. The molecule has 0 aromatic carbocycles. The number of sulfonamides is 1. The van der Waals surface area contributed by atoms with Gasteiger partial charge in [0.05, 0.1) is 0 Å². The van der Waals surface area contributed by atoms with Crippen molar-refractivity contribution in [3.8, 4) is 0 Å². The number of alkyl halides is 6. The van der Waals surface area contributed by atoms with E-state index in [4.69, 9.17) is 0 Å². The Kier molecular flexibility index (Phi) is 3.72. The van der Waals surface area contributed by atoms with Crippen molar-refractivity contribution in [1.29, 1.82) is 0 Å². The summed E-state index contributed by atoms with van der Waals surface area (Å²) in [6.45, 7) is 2.66. The Morgan fingerprint density at radius 2 is 1.50 bits per heavy atom. The Balaban J connectivity index is 5.61. The van der Waals surface area contributed by atoms with E-state index in [1.54, 1.807) is 0 Å². The highest BCUT2D eigenvalue weighted by atomic mass is 32.2. The van der Waals surface area contributed by atoms with Crippen molar-refractivity contribution in [3.63, 3.8) is 0 Å². The molecule has 0 rings (SSSR count). The third-order valence-electron chi connectivity index (χ3n) is 1.58.